The van der Waals surface area contributed by atoms with Gasteiger partial charge in [-0.25, -0.2) is 18.9 Å². The van der Waals surface area contributed by atoms with E-state index in [9.17, 15) is 9.18 Å². The molecule has 0 bridgehead atoms. The number of halogens is 1. The highest BCUT2D eigenvalue weighted by atomic mass is 19.1. The number of rotatable bonds is 5. The van der Waals surface area contributed by atoms with Crippen molar-refractivity contribution in [2.75, 3.05) is 0 Å². The molecule has 0 fully saturated rings. The number of carbonyl (C=O) groups excluding carboxylic acids is 1. The molecule has 0 aliphatic heterocycles. The summed E-state index contributed by atoms with van der Waals surface area (Å²) in [7, 11) is 0. The standard InChI is InChI=1S/C20H20FN5O/c1-13(23-19(27)10-14-6-2-3-7-14)20-24-18-11-17(22-12-26(18)25-20)15-8-4-5-9-16(15)21/h2,4-6,8-9,11-14H,3,7,10H2,1H3,(H,23,27)/t13-,14+/m0/s1. The Kier molecular flexibility index (Phi) is 4.66. The quantitative estimate of drug-likeness (QED) is 0.703. The molecule has 2 aromatic heterocycles. The average molecular weight is 365 g/mol. The summed E-state index contributed by atoms with van der Waals surface area (Å²) in [6, 6.07) is 7.83. The fraction of sp³-hybridized carbons (Fsp3) is 0.300. The van der Waals surface area contributed by atoms with Crippen molar-refractivity contribution in [3.63, 3.8) is 0 Å². The van der Waals surface area contributed by atoms with E-state index in [1.54, 1.807) is 24.3 Å². The minimum atomic E-state index is -0.337. The molecule has 0 spiro atoms. The van der Waals surface area contributed by atoms with Crippen LogP contribution < -0.4 is 5.32 Å². The first-order valence-electron chi connectivity index (χ1n) is 9.03. The van der Waals surface area contributed by atoms with Crippen molar-refractivity contribution in [2.45, 2.75) is 32.2 Å². The third kappa shape index (κ3) is 3.72. The van der Waals surface area contributed by atoms with Crippen LogP contribution in [0, 0.1) is 11.7 Å². The van der Waals surface area contributed by atoms with Crippen LogP contribution in [0.2, 0.25) is 0 Å². The van der Waals surface area contributed by atoms with E-state index in [2.05, 4.69) is 32.5 Å². The van der Waals surface area contributed by atoms with Crippen molar-refractivity contribution in [2.24, 2.45) is 5.92 Å². The van der Waals surface area contributed by atoms with Crippen molar-refractivity contribution in [3.8, 4) is 11.3 Å². The fourth-order valence-electron chi connectivity index (χ4n) is 3.28. The Morgan fingerprint density at radius 2 is 2.26 bits per heavy atom. The van der Waals surface area contributed by atoms with Gasteiger partial charge in [0.05, 0.1) is 11.7 Å². The predicted molar refractivity (Wildman–Crippen MR) is 99.2 cm³/mol. The third-order valence-electron chi connectivity index (χ3n) is 4.72. The van der Waals surface area contributed by atoms with Crippen molar-refractivity contribution in [3.05, 3.63) is 60.5 Å². The summed E-state index contributed by atoms with van der Waals surface area (Å²) in [6.45, 7) is 1.85. The van der Waals surface area contributed by atoms with Crippen LogP contribution in [0.25, 0.3) is 16.9 Å². The lowest BCUT2D eigenvalue weighted by molar-refractivity contribution is -0.122. The molecule has 0 saturated heterocycles. The Morgan fingerprint density at radius 3 is 3.04 bits per heavy atom. The van der Waals surface area contributed by atoms with E-state index in [1.807, 2.05) is 6.92 Å². The van der Waals surface area contributed by atoms with E-state index < -0.39 is 0 Å². The van der Waals surface area contributed by atoms with Gasteiger partial charge in [-0.15, -0.1) is 5.10 Å². The first kappa shape index (κ1) is 17.3. The van der Waals surface area contributed by atoms with Gasteiger partial charge in [0.1, 0.15) is 12.1 Å². The number of amides is 1. The van der Waals surface area contributed by atoms with E-state index in [-0.39, 0.29) is 17.8 Å². The summed E-state index contributed by atoms with van der Waals surface area (Å²) in [5.74, 6) is 0.468. The molecule has 0 radical (unpaired) electrons. The molecule has 0 saturated carbocycles. The summed E-state index contributed by atoms with van der Waals surface area (Å²) >= 11 is 0. The van der Waals surface area contributed by atoms with E-state index >= 15 is 0 Å². The van der Waals surface area contributed by atoms with Gasteiger partial charge in [-0.3, -0.25) is 4.79 Å². The molecule has 4 rings (SSSR count). The lowest BCUT2D eigenvalue weighted by atomic mass is 10.0. The lowest BCUT2D eigenvalue weighted by Crippen LogP contribution is -2.28. The number of fused-ring (bicyclic) bond motifs is 1. The maximum atomic E-state index is 14.0. The van der Waals surface area contributed by atoms with Crippen LogP contribution >= 0.6 is 0 Å². The Labute approximate surface area is 156 Å². The van der Waals surface area contributed by atoms with Crippen LogP contribution in [0.3, 0.4) is 0 Å². The summed E-state index contributed by atoms with van der Waals surface area (Å²) in [5.41, 5.74) is 1.46. The molecular weight excluding hydrogens is 345 g/mol. The van der Waals surface area contributed by atoms with Gasteiger partial charge in [0, 0.05) is 18.1 Å². The van der Waals surface area contributed by atoms with Gasteiger partial charge < -0.3 is 5.32 Å². The average Bonchev–Trinajstić information content (AvgIpc) is 3.30. The van der Waals surface area contributed by atoms with Crippen LogP contribution in [-0.2, 0) is 4.79 Å². The second-order valence-corrected chi connectivity index (χ2v) is 6.79. The molecule has 2 heterocycles. The molecule has 6 nitrogen and oxygen atoms in total. The Balaban J connectivity index is 1.51. The maximum Gasteiger partial charge on any atom is 0.221 e. The lowest BCUT2D eigenvalue weighted by Gasteiger charge is -2.12. The van der Waals surface area contributed by atoms with Gasteiger partial charge in [0.15, 0.2) is 11.5 Å². The van der Waals surface area contributed by atoms with E-state index in [0.717, 1.165) is 12.8 Å². The van der Waals surface area contributed by atoms with Crippen molar-refractivity contribution in [1.29, 1.82) is 0 Å². The van der Waals surface area contributed by atoms with E-state index in [1.165, 1.54) is 16.9 Å². The molecule has 1 amide bonds. The molecule has 1 aliphatic carbocycles. The Bertz CT molecular complexity index is 1010. The summed E-state index contributed by atoms with van der Waals surface area (Å²) in [6.07, 6.45) is 8.27. The minimum absolute atomic E-state index is 0.0110. The number of carbonyl (C=O) groups is 1. The number of allylic oxidation sites excluding steroid dienone is 2. The van der Waals surface area contributed by atoms with Crippen molar-refractivity contribution in [1.82, 2.24) is 24.9 Å². The molecule has 1 N–H and O–H groups in total. The second-order valence-electron chi connectivity index (χ2n) is 6.79. The van der Waals surface area contributed by atoms with Gasteiger partial charge in [0.2, 0.25) is 5.91 Å². The van der Waals surface area contributed by atoms with Crippen LogP contribution in [0.15, 0.2) is 48.8 Å². The first-order chi connectivity index (χ1) is 13.1. The van der Waals surface area contributed by atoms with Crippen LogP contribution in [0.5, 0.6) is 0 Å². The number of nitrogens with one attached hydrogen (secondary N) is 1. The Hall–Kier alpha value is -3.09. The van der Waals surface area contributed by atoms with Gasteiger partial charge in [-0.1, -0.05) is 24.3 Å². The number of hydrogen-bond donors (Lipinski definition) is 1. The van der Waals surface area contributed by atoms with E-state index in [4.69, 9.17) is 0 Å². The molecule has 3 aromatic rings. The first-order valence-corrected chi connectivity index (χ1v) is 9.03. The zero-order valence-corrected chi connectivity index (χ0v) is 15.0. The molecule has 2 atom stereocenters. The Morgan fingerprint density at radius 1 is 1.41 bits per heavy atom. The number of nitrogens with zero attached hydrogens (tertiary/aromatic N) is 4. The van der Waals surface area contributed by atoms with Crippen LogP contribution in [0.4, 0.5) is 4.39 Å². The number of benzene rings is 1. The topological polar surface area (TPSA) is 72.2 Å². The maximum absolute atomic E-state index is 14.0. The third-order valence-corrected chi connectivity index (χ3v) is 4.72. The summed E-state index contributed by atoms with van der Waals surface area (Å²) in [5, 5.41) is 7.32. The highest BCUT2D eigenvalue weighted by molar-refractivity contribution is 5.76. The molecule has 7 heteroatoms. The highest BCUT2D eigenvalue weighted by Crippen LogP contribution is 2.22. The van der Waals surface area contributed by atoms with Crippen molar-refractivity contribution >= 4 is 11.6 Å². The van der Waals surface area contributed by atoms with Gasteiger partial charge in [0.25, 0.3) is 0 Å². The number of hydrogen-bond acceptors (Lipinski definition) is 4. The zero-order chi connectivity index (χ0) is 18.8. The van der Waals surface area contributed by atoms with Crippen molar-refractivity contribution < 1.29 is 9.18 Å². The summed E-state index contributed by atoms with van der Waals surface area (Å²) < 4.78 is 15.5. The van der Waals surface area contributed by atoms with E-state index in [0.29, 0.717) is 35.1 Å². The van der Waals surface area contributed by atoms with Crippen LogP contribution in [0.1, 0.15) is 38.1 Å². The van der Waals surface area contributed by atoms with Gasteiger partial charge >= 0.3 is 0 Å². The normalized spacial score (nSPS) is 17.3. The second kappa shape index (κ2) is 7.26. The van der Waals surface area contributed by atoms with Gasteiger partial charge in [-0.05, 0) is 37.8 Å². The monoisotopic (exact) mass is 365 g/mol. The van der Waals surface area contributed by atoms with Gasteiger partial charge in [-0.2, -0.15) is 0 Å². The largest absolute Gasteiger partial charge is 0.346 e. The zero-order valence-electron chi connectivity index (χ0n) is 15.0. The SMILES string of the molecule is C[C@H](NC(=O)C[C@@H]1C=CCC1)c1nc2cc(-c3ccccc3F)ncn2n1. The molecule has 138 valence electrons. The molecule has 1 aromatic carbocycles. The fourth-order valence-corrected chi connectivity index (χ4v) is 3.28. The molecule has 0 unspecified atom stereocenters. The smallest absolute Gasteiger partial charge is 0.221 e. The summed E-state index contributed by atoms with van der Waals surface area (Å²) in [4.78, 5) is 21.0. The highest BCUT2D eigenvalue weighted by Gasteiger charge is 2.19. The van der Waals surface area contributed by atoms with Crippen LogP contribution in [-0.4, -0.2) is 25.5 Å². The molecular formula is C20H20FN5O. The number of aromatic nitrogens is 4. The molecule has 27 heavy (non-hydrogen) atoms. The predicted octanol–water partition coefficient (Wildman–Crippen LogP) is 3.46. The minimum Gasteiger partial charge on any atom is -0.346 e. The molecule has 1 aliphatic rings.